The molecule has 0 fully saturated rings. The van der Waals surface area contributed by atoms with Gasteiger partial charge in [0, 0.05) is 18.1 Å². The van der Waals surface area contributed by atoms with Crippen LogP contribution in [0.1, 0.15) is 34.3 Å². The molecule has 0 aromatic heterocycles. The van der Waals surface area contributed by atoms with E-state index in [-0.39, 0.29) is 5.56 Å². The summed E-state index contributed by atoms with van der Waals surface area (Å²) in [4.78, 5) is 11.0. The summed E-state index contributed by atoms with van der Waals surface area (Å²) in [6.45, 7) is 0.853. The Hall–Kier alpha value is -1.89. The van der Waals surface area contributed by atoms with Crippen molar-refractivity contribution in [2.24, 2.45) is 0 Å². The number of carboxylic acid groups (broad SMARTS) is 1. The molecule has 0 aliphatic heterocycles. The fourth-order valence-corrected chi connectivity index (χ4v) is 4.05. The first-order valence-electron chi connectivity index (χ1n) is 8.77. The van der Waals surface area contributed by atoms with Gasteiger partial charge in [-0.05, 0) is 61.1 Å². The third-order valence-electron chi connectivity index (χ3n) is 4.28. The van der Waals surface area contributed by atoms with Gasteiger partial charge in [-0.15, -0.1) is 0 Å². The maximum absolute atomic E-state index is 12.0. The number of halogens is 1. The van der Waals surface area contributed by atoms with Crippen molar-refractivity contribution in [3.63, 3.8) is 0 Å². The quantitative estimate of drug-likeness (QED) is 0.646. The maximum Gasteiger partial charge on any atom is 0.335 e. The van der Waals surface area contributed by atoms with Crippen molar-refractivity contribution >= 4 is 27.6 Å². The largest absolute Gasteiger partial charge is 0.478 e. The second-order valence-corrected chi connectivity index (χ2v) is 8.92. The zero-order valence-electron chi connectivity index (χ0n) is 15.3. The van der Waals surface area contributed by atoms with Crippen molar-refractivity contribution < 1.29 is 18.3 Å². The molecule has 0 saturated carbocycles. The van der Waals surface area contributed by atoms with Crippen molar-refractivity contribution in [1.29, 1.82) is 0 Å². The van der Waals surface area contributed by atoms with Crippen molar-refractivity contribution in [3.8, 4) is 0 Å². The monoisotopic (exact) mass is 409 g/mol. The molecule has 7 heteroatoms. The van der Waals surface area contributed by atoms with E-state index in [1.807, 2.05) is 30.3 Å². The Bertz CT molecular complexity index is 883. The molecule has 0 atom stereocenters. The molecule has 0 aliphatic carbocycles. The average Bonchev–Trinajstić information content (AvgIpc) is 2.60. The molecule has 2 aromatic rings. The summed E-state index contributed by atoms with van der Waals surface area (Å²) >= 11 is 5.97. The summed E-state index contributed by atoms with van der Waals surface area (Å²) in [5.41, 5.74) is 2.22. The van der Waals surface area contributed by atoms with Gasteiger partial charge in [-0.2, -0.15) is 0 Å². The first-order valence-corrected chi connectivity index (χ1v) is 11.0. The number of nitrogens with zero attached hydrogens (tertiary/aromatic N) is 1. The maximum atomic E-state index is 12.0. The average molecular weight is 410 g/mol. The number of rotatable bonds is 10. The van der Waals surface area contributed by atoms with Crippen LogP contribution in [0.15, 0.2) is 48.5 Å². The molecule has 0 aliphatic rings. The van der Waals surface area contributed by atoms with Crippen molar-refractivity contribution in [1.82, 2.24) is 4.31 Å². The van der Waals surface area contributed by atoms with Gasteiger partial charge >= 0.3 is 5.97 Å². The van der Waals surface area contributed by atoms with Crippen LogP contribution in [0.4, 0.5) is 0 Å². The van der Waals surface area contributed by atoms with Gasteiger partial charge in [0.25, 0.3) is 0 Å². The van der Waals surface area contributed by atoms with Crippen molar-refractivity contribution in [2.75, 3.05) is 19.3 Å². The molecule has 0 bridgehead atoms. The third-order valence-corrected chi connectivity index (χ3v) is 5.82. The number of aryl methyl sites for hydroxylation is 2. The summed E-state index contributed by atoms with van der Waals surface area (Å²) in [6, 6.07) is 14.3. The Labute approximate surface area is 165 Å². The molecule has 0 radical (unpaired) electrons. The fourth-order valence-electron chi connectivity index (χ4n) is 2.91. The molecule has 27 heavy (non-hydrogen) atoms. The molecular weight excluding hydrogens is 386 g/mol. The minimum atomic E-state index is -3.29. The number of hydrogen-bond acceptors (Lipinski definition) is 3. The molecule has 1 N–H and O–H groups in total. The normalized spacial score (nSPS) is 11.7. The van der Waals surface area contributed by atoms with Crippen LogP contribution in [0.2, 0.25) is 5.02 Å². The van der Waals surface area contributed by atoms with Crippen LogP contribution < -0.4 is 0 Å². The SMILES string of the molecule is CS(=O)(=O)N(CCCc1cccc(Cl)c1)CCCc1cccc(C(=O)O)c1. The molecule has 0 amide bonds. The summed E-state index contributed by atoms with van der Waals surface area (Å²) in [5.74, 6) is -0.962. The first kappa shape index (κ1) is 21.4. The van der Waals surface area contributed by atoms with Gasteiger partial charge in [0.15, 0.2) is 0 Å². The van der Waals surface area contributed by atoms with Gasteiger partial charge in [-0.3, -0.25) is 0 Å². The molecule has 0 spiro atoms. The van der Waals surface area contributed by atoms with Crippen LogP contribution in [0.3, 0.4) is 0 Å². The second kappa shape index (κ2) is 9.88. The topological polar surface area (TPSA) is 74.7 Å². The highest BCUT2D eigenvalue weighted by Gasteiger charge is 2.16. The summed E-state index contributed by atoms with van der Waals surface area (Å²) < 4.78 is 25.6. The molecule has 2 rings (SSSR count). The van der Waals surface area contributed by atoms with Crippen molar-refractivity contribution in [2.45, 2.75) is 25.7 Å². The molecule has 146 valence electrons. The highest BCUT2D eigenvalue weighted by atomic mass is 35.5. The van der Waals surface area contributed by atoms with E-state index in [2.05, 4.69) is 0 Å². The number of aromatic carboxylic acids is 1. The number of hydrogen-bond donors (Lipinski definition) is 1. The minimum Gasteiger partial charge on any atom is -0.478 e. The lowest BCUT2D eigenvalue weighted by atomic mass is 10.1. The Morgan fingerprint density at radius 2 is 1.56 bits per heavy atom. The Morgan fingerprint density at radius 1 is 1.00 bits per heavy atom. The predicted molar refractivity (Wildman–Crippen MR) is 108 cm³/mol. The lowest BCUT2D eigenvalue weighted by molar-refractivity contribution is 0.0696. The predicted octanol–water partition coefficient (Wildman–Crippen LogP) is 3.87. The van der Waals surface area contributed by atoms with E-state index in [1.165, 1.54) is 10.6 Å². The fraction of sp³-hybridized carbons (Fsp3) is 0.350. The van der Waals surface area contributed by atoms with Crippen LogP contribution in [0, 0.1) is 0 Å². The summed E-state index contributed by atoms with van der Waals surface area (Å²) in [5, 5.41) is 9.72. The van der Waals surface area contributed by atoms with Gasteiger partial charge in [-0.25, -0.2) is 17.5 Å². The van der Waals surface area contributed by atoms with Crippen molar-refractivity contribution in [3.05, 3.63) is 70.2 Å². The Kier molecular flexibility index (Phi) is 7.83. The zero-order chi connectivity index (χ0) is 19.9. The molecular formula is C20H24ClNO4S. The Balaban J connectivity index is 1.87. The smallest absolute Gasteiger partial charge is 0.335 e. The molecule has 2 aromatic carbocycles. The molecule has 5 nitrogen and oxygen atoms in total. The highest BCUT2D eigenvalue weighted by molar-refractivity contribution is 7.88. The van der Waals surface area contributed by atoms with E-state index in [4.69, 9.17) is 16.7 Å². The van der Waals surface area contributed by atoms with E-state index in [0.717, 1.165) is 17.5 Å². The van der Waals surface area contributed by atoms with Crippen LogP contribution in [0.5, 0.6) is 0 Å². The van der Waals surface area contributed by atoms with Gasteiger partial charge in [0.1, 0.15) is 0 Å². The van der Waals surface area contributed by atoms with Crippen LogP contribution in [0.25, 0.3) is 0 Å². The molecule has 0 saturated heterocycles. The lowest BCUT2D eigenvalue weighted by Crippen LogP contribution is -2.32. The van der Waals surface area contributed by atoms with E-state index in [9.17, 15) is 13.2 Å². The third kappa shape index (κ3) is 7.33. The highest BCUT2D eigenvalue weighted by Crippen LogP contribution is 2.14. The van der Waals surface area contributed by atoms with Gasteiger partial charge in [0.05, 0.1) is 11.8 Å². The van der Waals surface area contributed by atoms with Gasteiger partial charge in [0.2, 0.25) is 10.0 Å². The lowest BCUT2D eigenvalue weighted by Gasteiger charge is -2.20. The van der Waals surface area contributed by atoms with E-state index in [1.54, 1.807) is 18.2 Å². The standard InChI is InChI=1S/C20H24ClNO4S/c1-27(25,26)22(13-5-9-17-7-3-11-19(21)15-17)12-4-8-16-6-2-10-18(14-16)20(23)24/h2-3,6-7,10-11,14-15H,4-5,8-9,12-13H2,1H3,(H,23,24). The molecule has 0 unspecified atom stereocenters. The minimum absolute atomic E-state index is 0.244. The second-order valence-electron chi connectivity index (χ2n) is 6.50. The van der Waals surface area contributed by atoms with Crippen LogP contribution >= 0.6 is 11.6 Å². The first-order chi connectivity index (χ1) is 12.8. The Morgan fingerprint density at radius 3 is 2.07 bits per heavy atom. The summed E-state index contributed by atoms with van der Waals surface area (Å²) in [6.07, 6.45) is 3.95. The zero-order valence-corrected chi connectivity index (χ0v) is 16.8. The molecule has 0 heterocycles. The number of carboxylic acids is 1. The number of carbonyl (C=O) groups is 1. The number of sulfonamides is 1. The number of benzene rings is 2. The van der Waals surface area contributed by atoms with Crippen LogP contribution in [-0.4, -0.2) is 43.1 Å². The summed E-state index contributed by atoms with van der Waals surface area (Å²) in [7, 11) is -3.29. The van der Waals surface area contributed by atoms with E-state index >= 15 is 0 Å². The van der Waals surface area contributed by atoms with Gasteiger partial charge < -0.3 is 5.11 Å². The van der Waals surface area contributed by atoms with Crippen LogP contribution in [-0.2, 0) is 22.9 Å². The van der Waals surface area contributed by atoms with E-state index < -0.39 is 16.0 Å². The van der Waals surface area contributed by atoms with Gasteiger partial charge in [-0.1, -0.05) is 35.9 Å². The van der Waals surface area contributed by atoms with E-state index in [0.29, 0.717) is 37.4 Å².